The molecule has 4 rings (SSSR count). The summed E-state index contributed by atoms with van der Waals surface area (Å²) in [4.78, 5) is 13.0. The van der Waals surface area contributed by atoms with Gasteiger partial charge in [0.25, 0.3) is 0 Å². The number of carbonyl (C=O) groups is 1. The van der Waals surface area contributed by atoms with Crippen LogP contribution in [-0.2, 0) is 9.53 Å². The third kappa shape index (κ3) is 4.53. The summed E-state index contributed by atoms with van der Waals surface area (Å²) in [5.41, 5.74) is 5.40. The molecule has 7 nitrogen and oxygen atoms in total. The second-order valence-electron chi connectivity index (χ2n) is 10.3. The number of carbonyl (C=O) groups excluding carboxylic acids is 1. The van der Waals surface area contributed by atoms with Crippen molar-refractivity contribution in [1.29, 1.82) is 0 Å². The predicted octanol–water partition coefficient (Wildman–Crippen LogP) is 2.53. The number of ketones is 1. The van der Waals surface area contributed by atoms with Crippen LogP contribution in [0.4, 0.5) is 0 Å². The largest absolute Gasteiger partial charge is 0.393 e. The average molecular weight is 423 g/mol. The number of hydrogen-bond acceptors (Lipinski definition) is 6. The first-order valence-corrected chi connectivity index (χ1v) is 11.7. The van der Waals surface area contributed by atoms with E-state index in [1.54, 1.807) is 14.2 Å². The van der Waals surface area contributed by atoms with E-state index in [0.29, 0.717) is 5.92 Å². The normalized spacial score (nSPS) is 42.5. The van der Waals surface area contributed by atoms with Gasteiger partial charge in [0.05, 0.1) is 6.10 Å². The van der Waals surface area contributed by atoms with E-state index in [4.69, 9.17) is 11.6 Å². The predicted molar refractivity (Wildman–Crippen MR) is 118 cm³/mol. The molecule has 8 atom stereocenters. The first kappa shape index (κ1) is 23.5. The third-order valence-electron chi connectivity index (χ3n) is 8.85. The molecule has 4 saturated carbocycles. The van der Waals surface area contributed by atoms with E-state index in [0.717, 1.165) is 55.7 Å². The van der Waals surface area contributed by atoms with Crippen molar-refractivity contribution in [3.8, 4) is 0 Å². The number of methoxy groups -OCH3 is 1. The molecule has 4 aliphatic carbocycles. The maximum Gasteiger partial charge on any atom is 0.159 e. The number of hydrazine groups is 1. The average Bonchev–Trinajstić information content (AvgIpc) is 3.05. The highest BCUT2D eigenvalue weighted by atomic mass is 16.4. The lowest BCUT2D eigenvalue weighted by molar-refractivity contribution is -0.132. The Morgan fingerprint density at radius 2 is 1.83 bits per heavy atom. The van der Waals surface area contributed by atoms with Gasteiger partial charge in [-0.15, -0.1) is 0 Å². The minimum Gasteiger partial charge on any atom is -0.393 e. The Morgan fingerprint density at radius 3 is 2.53 bits per heavy atom. The standard InChI is InChI=1S/C21H36N4O2.C2H6O/c1-21-9-8-16-15-5-3-14(26)10-13(15)2-4-17(16)18(21)6-7-19(21)20(27)11-25(23)24-12-22;1-3-2/h12-19,26H,2-11,23H2,1H3,(H2,22,24);1-2H3. The topological polar surface area (TPSA) is 114 Å². The number of ether oxygens (including phenoxy) is 1. The second-order valence-corrected chi connectivity index (χ2v) is 10.3. The Kier molecular flexibility index (Phi) is 7.80. The van der Waals surface area contributed by atoms with Gasteiger partial charge in [-0.05, 0) is 92.8 Å². The first-order chi connectivity index (χ1) is 14.3. The molecule has 0 amide bonds. The van der Waals surface area contributed by atoms with Crippen molar-refractivity contribution in [3.05, 3.63) is 0 Å². The van der Waals surface area contributed by atoms with Gasteiger partial charge in [-0.3, -0.25) is 4.79 Å². The van der Waals surface area contributed by atoms with Crippen molar-refractivity contribution in [3.63, 3.8) is 0 Å². The molecule has 5 N–H and O–H groups in total. The van der Waals surface area contributed by atoms with Crippen molar-refractivity contribution in [2.24, 2.45) is 57.6 Å². The van der Waals surface area contributed by atoms with Crippen molar-refractivity contribution in [2.75, 3.05) is 20.8 Å². The lowest BCUT2D eigenvalue weighted by atomic mass is 9.49. The van der Waals surface area contributed by atoms with E-state index in [-0.39, 0.29) is 29.8 Å². The van der Waals surface area contributed by atoms with E-state index >= 15 is 0 Å². The Labute approximate surface area is 181 Å². The van der Waals surface area contributed by atoms with E-state index in [1.807, 2.05) is 0 Å². The summed E-state index contributed by atoms with van der Waals surface area (Å²) in [6.45, 7) is 2.52. The zero-order valence-electron chi connectivity index (χ0n) is 19.0. The monoisotopic (exact) mass is 422 g/mol. The van der Waals surface area contributed by atoms with Gasteiger partial charge in [0, 0.05) is 20.1 Å². The minimum atomic E-state index is -0.0690. The molecule has 4 aliphatic rings. The van der Waals surface area contributed by atoms with Crippen molar-refractivity contribution >= 4 is 12.1 Å². The van der Waals surface area contributed by atoms with Crippen molar-refractivity contribution in [2.45, 2.75) is 70.8 Å². The summed E-state index contributed by atoms with van der Waals surface area (Å²) in [5.74, 6) is 9.90. The summed E-state index contributed by atoms with van der Waals surface area (Å²) in [6, 6.07) is 0. The molecule has 172 valence electrons. The molecule has 0 spiro atoms. The van der Waals surface area contributed by atoms with E-state index in [1.165, 1.54) is 37.2 Å². The molecular formula is C23H42N4O3. The number of hydrogen-bond donors (Lipinski definition) is 3. The van der Waals surface area contributed by atoms with Gasteiger partial charge in [0.2, 0.25) is 0 Å². The molecule has 7 heteroatoms. The second kappa shape index (κ2) is 9.96. The van der Waals surface area contributed by atoms with E-state index in [2.05, 4.69) is 16.8 Å². The van der Waals surface area contributed by atoms with Crippen LogP contribution in [0, 0.1) is 40.9 Å². The summed E-state index contributed by atoms with van der Waals surface area (Å²) in [5, 5.41) is 15.0. The Hall–Kier alpha value is -1.18. The minimum absolute atomic E-state index is 0.0690. The highest BCUT2D eigenvalue weighted by Crippen LogP contribution is 2.64. The van der Waals surface area contributed by atoms with Gasteiger partial charge in [0.1, 0.15) is 12.9 Å². The molecule has 4 fully saturated rings. The molecule has 0 saturated heterocycles. The van der Waals surface area contributed by atoms with Crippen molar-refractivity contribution in [1.82, 2.24) is 5.12 Å². The number of rotatable bonds is 4. The summed E-state index contributed by atoms with van der Waals surface area (Å²) in [7, 11) is 3.25. The van der Waals surface area contributed by atoms with Crippen LogP contribution in [0.25, 0.3) is 0 Å². The van der Waals surface area contributed by atoms with Crippen LogP contribution in [0.2, 0.25) is 0 Å². The number of aliphatic hydroxyl groups excluding tert-OH is 1. The molecule has 0 aromatic heterocycles. The maximum absolute atomic E-state index is 13.0. The lowest BCUT2D eigenvalue weighted by Gasteiger charge is -2.56. The number of nitrogens with two attached hydrogens (primary N) is 2. The third-order valence-corrected chi connectivity index (χ3v) is 8.85. The number of Topliss-reactive ketones (excluding diaryl/α,β-unsaturated/α-hetero) is 1. The number of aliphatic hydroxyl groups is 1. The first-order valence-electron chi connectivity index (χ1n) is 11.7. The van der Waals surface area contributed by atoms with Crippen LogP contribution in [0.3, 0.4) is 0 Å². The molecule has 0 radical (unpaired) electrons. The number of hydrazone groups is 1. The van der Waals surface area contributed by atoms with Gasteiger partial charge in [-0.25, -0.2) is 11.0 Å². The Balaban J connectivity index is 0.000000806. The highest BCUT2D eigenvalue weighted by molar-refractivity contribution is 5.84. The van der Waals surface area contributed by atoms with Crippen LogP contribution < -0.4 is 11.6 Å². The van der Waals surface area contributed by atoms with Gasteiger partial charge in [0.15, 0.2) is 5.78 Å². The molecule has 8 unspecified atom stereocenters. The van der Waals surface area contributed by atoms with Crippen molar-refractivity contribution < 1.29 is 14.6 Å². The number of fused-ring (bicyclic) bond motifs is 5. The fraction of sp³-hybridized carbons (Fsp3) is 0.913. The quantitative estimate of drug-likeness (QED) is 0.278. The Bertz CT molecular complexity index is 615. The molecule has 0 heterocycles. The van der Waals surface area contributed by atoms with Crippen LogP contribution in [0.15, 0.2) is 5.10 Å². The molecule has 0 aromatic carbocycles. The van der Waals surface area contributed by atoms with Crippen LogP contribution in [0.5, 0.6) is 0 Å². The fourth-order valence-corrected chi connectivity index (χ4v) is 7.75. The molecular weight excluding hydrogens is 380 g/mol. The maximum atomic E-state index is 13.0. The highest BCUT2D eigenvalue weighted by Gasteiger charge is 2.58. The smallest absolute Gasteiger partial charge is 0.159 e. The van der Waals surface area contributed by atoms with Gasteiger partial charge < -0.3 is 15.6 Å². The summed E-state index contributed by atoms with van der Waals surface area (Å²) < 4.78 is 4.25. The zero-order chi connectivity index (χ0) is 21.9. The zero-order valence-corrected chi connectivity index (χ0v) is 19.0. The SMILES string of the molecule is CC12CCC3C4CCC(O)CC4CCC3C1CCC2C(=O)CN(N)/N=C\N.COC. The lowest BCUT2D eigenvalue weighted by Crippen LogP contribution is -2.50. The fourth-order valence-electron chi connectivity index (χ4n) is 7.75. The van der Waals surface area contributed by atoms with Crippen LogP contribution in [0.1, 0.15) is 64.7 Å². The van der Waals surface area contributed by atoms with E-state index in [9.17, 15) is 9.90 Å². The summed E-state index contributed by atoms with van der Waals surface area (Å²) >= 11 is 0. The molecule has 30 heavy (non-hydrogen) atoms. The number of nitrogens with zero attached hydrogens (tertiary/aromatic N) is 2. The van der Waals surface area contributed by atoms with Crippen LogP contribution >= 0.6 is 0 Å². The van der Waals surface area contributed by atoms with Gasteiger partial charge in [-0.2, -0.15) is 5.10 Å². The molecule has 0 bridgehead atoms. The van der Waals surface area contributed by atoms with E-state index < -0.39 is 0 Å². The Morgan fingerprint density at radius 1 is 1.13 bits per heavy atom. The summed E-state index contributed by atoms with van der Waals surface area (Å²) in [6.07, 6.45) is 11.4. The van der Waals surface area contributed by atoms with Gasteiger partial charge >= 0.3 is 0 Å². The molecule has 0 aromatic rings. The molecule has 0 aliphatic heterocycles. The van der Waals surface area contributed by atoms with Gasteiger partial charge in [-0.1, -0.05) is 6.92 Å². The van der Waals surface area contributed by atoms with Crippen LogP contribution in [-0.4, -0.2) is 49.2 Å².